The van der Waals surface area contributed by atoms with Crippen LogP contribution in [-0.2, 0) is 5.11 Å². The molecule has 0 aliphatic heterocycles. The van der Waals surface area contributed by atoms with Crippen molar-refractivity contribution in [1.29, 1.82) is 0 Å². The lowest BCUT2D eigenvalue weighted by Gasteiger charge is -1.82. The van der Waals surface area contributed by atoms with E-state index in [2.05, 4.69) is 9.97 Å². The Morgan fingerprint density at radius 2 is 2.38 bits per heavy atom. The molecule has 1 aromatic rings. The Balaban J connectivity index is 3.08. The zero-order valence-corrected chi connectivity index (χ0v) is 4.59. The molecular formula is C4H2ClN2O. The summed E-state index contributed by atoms with van der Waals surface area (Å²) < 4.78 is 0. The highest BCUT2D eigenvalue weighted by atomic mass is 35.5. The molecule has 41 valence electrons. The molecule has 0 N–H and O–H groups in total. The van der Waals surface area contributed by atoms with Gasteiger partial charge in [0.25, 0.3) is 0 Å². The molecule has 0 saturated carbocycles. The molecule has 0 aliphatic rings. The maximum absolute atomic E-state index is 10.2. The predicted octanol–water partition coefficient (Wildman–Crippen LogP) is 1.27. The average Bonchev–Trinajstić information content (AvgIpc) is 1.64. The standard InChI is InChI=1S/C4H2ClN2O/c5-3-1-2-6-4(8)7-3/h1-2H. The Morgan fingerprint density at radius 1 is 1.62 bits per heavy atom. The van der Waals surface area contributed by atoms with Gasteiger partial charge < -0.3 is 0 Å². The first-order chi connectivity index (χ1) is 3.79. The van der Waals surface area contributed by atoms with Crippen molar-refractivity contribution in [1.82, 2.24) is 9.97 Å². The van der Waals surface area contributed by atoms with Crippen LogP contribution in [0.25, 0.3) is 0 Å². The van der Waals surface area contributed by atoms with E-state index in [0.717, 1.165) is 0 Å². The van der Waals surface area contributed by atoms with E-state index in [1.165, 1.54) is 12.3 Å². The van der Waals surface area contributed by atoms with Crippen LogP contribution in [0.15, 0.2) is 12.3 Å². The van der Waals surface area contributed by atoms with Crippen LogP contribution >= 0.6 is 11.6 Å². The molecule has 0 saturated heterocycles. The molecule has 8 heavy (non-hydrogen) atoms. The van der Waals surface area contributed by atoms with E-state index >= 15 is 0 Å². The predicted molar refractivity (Wildman–Crippen MR) is 27.2 cm³/mol. The lowest BCUT2D eigenvalue weighted by Crippen LogP contribution is -1.75. The maximum atomic E-state index is 10.2. The fraction of sp³-hybridized carbons (Fsp3) is 0. The van der Waals surface area contributed by atoms with E-state index in [0.29, 0.717) is 0 Å². The van der Waals surface area contributed by atoms with E-state index in [4.69, 9.17) is 11.6 Å². The molecule has 0 bridgehead atoms. The van der Waals surface area contributed by atoms with E-state index < -0.39 is 6.01 Å². The summed E-state index contributed by atoms with van der Waals surface area (Å²) in [4.78, 5) is 6.56. The molecule has 0 spiro atoms. The monoisotopic (exact) mass is 129 g/mol. The summed E-state index contributed by atoms with van der Waals surface area (Å²) >= 11 is 5.29. The summed E-state index contributed by atoms with van der Waals surface area (Å²) in [7, 11) is 0. The first-order valence-corrected chi connectivity index (χ1v) is 2.32. The minimum absolute atomic E-state index is 0.185. The fourth-order valence-corrected chi connectivity index (χ4v) is 0.449. The van der Waals surface area contributed by atoms with Crippen LogP contribution in [0.2, 0.25) is 5.15 Å². The second-order valence-corrected chi connectivity index (χ2v) is 1.55. The molecule has 0 atom stereocenters. The Hall–Kier alpha value is -0.830. The SMILES string of the molecule is [O]c1nccc(Cl)n1. The first-order valence-electron chi connectivity index (χ1n) is 1.94. The summed E-state index contributed by atoms with van der Waals surface area (Å²) in [6, 6.07) is 0.903. The molecular weight excluding hydrogens is 128 g/mol. The normalized spacial score (nSPS) is 9.12. The van der Waals surface area contributed by atoms with Crippen LogP contribution in [0, 0.1) is 0 Å². The smallest absolute Gasteiger partial charge is 0.244 e. The number of aromatic nitrogens is 2. The largest absolute Gasteiger partial charge is 0.368 e. The highest BCUT2D eigenvalue weighted by Crippen LogP contribution is 2.05. The molecule has 1 rings (SSSR count). The van der Waals surface area contributed by atoms with Gasteiger partial charge >= 0.3 is 6.01 Å². The van der Waals surface area contributed by atoms with Gasteiger partial charge in [-0.1, -0.05) is 11.6 Å². The van der Waals surface area contributed by atoms with E-state index in [1.54, 1.807) is 0 Å². The quantitative estimate of drug-likeness (QED) is 0.496. The minimum atomic E-state index is -0.544. The van der Waals surface area contributed by atoms with Crippen molar-refractivity contribution in [3.8, 4) is 6.01 Å². The van der Waals surface area contributed by atoms with Gasteiger partial charge in [0.15, 0.2) is 0 Å². The van der Waals surface area contributed by atoms with Gasteiger partial charge in [-0.15, -0.1) is 0 Å². The molecule has 0 unspecified atom stereocenters. The summed E-state index contributed by atoms with van der Waals surface area (Å²) in [5.74, 6) is 0. The third-order valence-corrected chi connectivity index (χ3v) is 0.810. The lowest BCUT2D eigenvalue weighted by atomic mass is 10.7. The second kappa shape index (κ2) is 1.96. The van der Waals surface area contributed by atoms with Gasteiger partial charge in [-0.2, -0.15) is 9.97 Å². The van der Waals surface area contributed by atoms with E-state index in [9.17, 15) is 5.11 Å². The molecule has 0 aromatic carbocycles. The van der Waals surface area contributed by atoms with Crippen molar-refractivity contribution in [2.75, 3.05) is 0 Å². The third-order valence-electron chi connectivity index (χ3n) is 0.599. The average molecular weight is 130 g/mol. The van der Waals surface area contributed by atoms with Crippen LogP contribution < -0.4 is 0 Å². The maximum Gasteiger partial charge on any atom is 0.368 e. The summed E-state index contributed by atoms with van der Waals surface area (Å²) in [5, 5.41) is 10.4. The summed E-state index contributed by atoms with van der Waals surface area (Å²) in [6.07, 6.45) is 1.32. The van der Waals surface area contributed by atoms with Crippen LogP contribution in [-0.4, -0.2) is 9.97 Å². The molecule has 1 aromatic heterocycles. The molecule has 1 radical (unpaired) electrons. The number of hydrogen-bond acceptors (Lipinski definition) is 2. The Labute approximate surface area is 51.0 Å². The molecule has 0 aliphatic carbocycles. The minimum Gasteiger partial charge on any atom is -0.244 e. The van der Waals surface area contributed by atoms with Crippen LogP contribution in [0.1, 0.15) is 0 Å². The van der Waals surface area contributed by atoms with Crippen molar-refractivity contribution in [3.05, 3.63) is 17.4 Å². The zero-order valence-electron chi connectivity index (χ0n) is 3.84. The molecule has 0 amide bonds. The van der Waals surface area contributed by atoms with Crippen molar-refractivity contribution >= 4 is 11.6 Å². The van der Waals surface area contributed by atoms with Gasteiger partial charge in [-0.3, -0.25) is 0 Å². The third kappa shape index (κ3) is 1.07. The Morgan fingerprint density at radius 3 is 2.75 bits per heavy atom. The van der Waals surface area contributed by atoms with Gasteiger partial charge in [0.1, 0.15) is 5.15 Å². The van der Waals surface area contributed by atoms with E-state index in [1.807, 2.05) is 0 Å². The van der Waals surface area contributed by atoms with Crippen molar-refractivity contribution in [3.63, 3.8) is 0 Å². The van der Waals surface area contributed by atoms with Crippen LogP contribution in [0.3, 0.4) is 0 Å². The summed E-state index contributed by atoms with van der Waals surface area (Å²) in [5.41, 5.74) is 0. The number of hydrogen-bond donors (Lipinski definition) is 0. The number of rotatable bonds is 0. The lowest BCUT2D eigenvalue weighted by molar-refractivity contribution is 0.319. The fourth-order valence-electron chi connectivity index (χ4n) is 0.320. The highest BCUT2D eigenvalue weighted by molar-refractivity contribution is 6.29. The second-order valence-electron chi connectivity index (χ2n) is 1.16. The highest BCUT2D eigenvalue weighted by Gasteiger charge is 1.91. The Kier molecular flexibility index (Phi) is 1.30. The van der Waals surface area contributed by atoms with Gasteiger partial charge in [0.05, 0.1) is 0 Å². The molecule has 3 nitrogen and oxygen atoms in total. The van der Waals surface area contributed by atoms with Crippen molar-refractivity contribution in [2.24, 2.45) is 0 Å². The van der Waals surface area contributed by atoms with Gasteiger partial charge in [-0.05, 0) is 6.07 Å². The van der Waals surface area contributed by atoms with Gasteiger partial charge in [0, 0.05) is 6.20 Å². The van der Waals surface area contributed by atoms with Crippen molar-refractivity contribution in [2.45, 2.75) is 0 Å². The topological polar surface area (TPSA) is 45.7 Å². The molecule has 0 fully saturated rings. The first kappa shape index (κ1) is 5.31. The summed E-state index contributed by atoms with van der Waals surface area (Å²) in [6.45, 7) is 0. The number of nitrogens with zero attached hydrogens (tertiary/aromatic N) is 2. The molecule has 1 heterocycles. The van der Waals surface area contributed by atoms with E-state index in [-0.39, 0.29) is 5.15 Å². The zero-order chi connectivity index (χ0) is 5.98. The van der Waals surface area contributed by atoms with Crippen LogP contribution in [0.4, 0.5) is 0 Å². The van der Waals surface area contributed by atoms with Gasteiger partial charge in [-0.25, -0.2) is 5.11 Å². The number of halogens is 1. The molecule has 4 heteroatoms. The Bertz CT molecular complexity index is 174. The van der Waals surface area contributed by atoms with Crippen LogP contribution in [0.5, 0.6) is 6.01 Å². The van der Waals surface area contributed by atoms with Crippen molar-refractivity contribution < 1.29 is 5.11 Å². The van der Waals surface area contributed by atoms with Gasteiger partial charge in [0.2, 0.25) is 0 Å².